The van der Waals surface area contributed by atoms with E-state index in [1.165, 1.54) is 18.2 Å². The first-order chi connectivity index (χ1) is 8.58. The summed E-state index contributed by atoms with van der Waals surface area (Å²) in [5, 5.41) is 20.3. The van der Waals surface area contributed by atoms with Crippen LogP contribution in [-0.4, -0.2) is 10.0 Å². The van der Waals surface area contributed by atoms with Crippen LogP contribution in [-0.2, 0) is 0 Å². The molecule has 0 aliphatic carbocycles. The highest BCUT2D eigenvalue weighted by Crippen LogP contribution is 2.34. The molecule has 0 radical (unpaired) electrons. The zero-order valence-corrected chi connectivity index (χ0v) is 9.66. The van der Waals surface area contributed by atoms with Crippen LogP contribution in [0.15, 0.2) is 42.5 Å². The van der Waals surface area contributed by atoms with Gasteiger partial charge in [-0.25, -0.2) is 0 Å². The smallest absolute Gasteiger partial charge is 0.314 e. The van der Waals surface area contributed by atoms with Gasteiger partial charge in [-0.2, -0.15) is 0 Å². The van der Waals surface area contributed by atoms with Crippen LogP contribution in [0, 0.1) is 17.0 Å². The van der Waals surface area contributed by atoms with Gasteiger partial charge in [0.05, 0.1) is 4.92 Å². The number of nitro benzene ring substituents is 1. The minimum Gasteiger partial charge on any atom is -0.508 e. The summed E-state index contributed by atoms with van der Waals surface area (Å²) in [6, 6.07) is 11.0. The molecule has 5 nitrogen and oxygen atoms in total. The fraction of sp³-hybridized carbons (Fsp3) is 0.0769. The van der Waals surface area contributed by atoms with Crippen LogP contribution in [0.5, 0.6) is 17.2 Å². The summed E-state index contributed by atoms with van der Waals surface area (Å²) in [4.78, 5) is 10.5. The minimum atomic E-state index is -0.479. The molecule has 1 N–H and O–H groups in total. The molecule has 0 aliphatic rings. The Kier molecular flexibility index (Phi) is 3.14. The molecule has 0 unspecified atom stereocenters. The number of phenolic OH excluding ortho intramolecular Hbond substituents is 1. The summed E-state index contributed by atoms with van der Waals surface area (Å²) < 4.78 is 5.43. The lowest BCUT2D eigenvalue weighted by molar-refractivity contribution is -0.386. The first kappa shape index (κ1) is 11.9. The van der Waals surface area contributed by atoms with Gasteiger partial charge in [0.2, 0.25) is 5.75 Å². The van der Waals surface area contributed by atoms with Crippen LogP contribution in [0.3, 0.4) is 0 Å². The van der Waals surface area contributed by atoms with E-state index in [0.29, 0.717) is 11.3 Å². The monoisotopic (exact) mass is 245 g/mol. The third kappa shape index (κ3) is 2.40. The van der Waals surface area contributed by atoms with Crippen molar-refractivity contribution >= 4 is 5.69 Å². The molecule has 2 aromatic rings. The number of nitrogens with zero attached hydrogens (tertiary/aromatic N) is 1. The molecule has 0 spiro atoms. The molecule has 0 saturated heterocycles. The van der Waals surface area contributed by atoms with Crippen molar-refractivity contribution in [2.24, 2.45) is 0 Å². The van der Waals surface area contributed by atoms with Gasteiger partial charge in [0.25, 0.3) is 0 Å². The summed E-state index contributed by atoms with van der Waals surface area (Å²) in [5.74, 6) is 0.553. The van der Waals surface area contributed by atoms with Gasteiger partial charge in [0, 0.05) is 11.6 Å². The molecule has 0 saturated carbocycles. The second-order valence-corrected chi connectivity index (χ2v) is 3.78. The topological polar surface area (TPSA) is 72.6 Å². The molecule has 2 aromatic carbocycles. The average molecular weight is 245 g/mol. The fourth-order valence-electron chi connectivity index (χ4n) is 1.62. The van der Waals surface area contributed by atoms with Gasteiger partial charge < -0.3 is 9.84 Å². The molecule has 0 heterocycles. The van der Waals surface area contributed by atoms with E-state index in [0.717, 1.165) is 0 Å². The lowest BCUT2D eigenvalue weighted by atomic mass is 10.2. The molecule has 92 valence electrons. The van der Waals surface area contributed by atoms with E-state index >= 15 is 0 Å². The van der Waals surface area contributed by atoms with E-state index in [4.69, 9.17) is 4.74 Å². The van der Waals surface area contributed by atoms with Gasteiger partial charge in [0.15, 0.2) is 0 Å². The Labute approximate surface area is 103 Å². The van der Waals surface area contributed by atoms with Crippen molar-refractivity contribution in [3.05, 3.63) is 58.1 Å². The quantitative estimate of drug-likeness (QED) is 0.664. The third-order valence-electron chi connectivity index (χ3n) is 2.43. The van der Waals surface area contributed by atoms with Crippen molar-refractivity contribution in [2.45, 2.75) is 6.92 Å². The molecule has 18 heavy (non-hydrogen) atoms. The number of rotatable bonds is 3. The first-order valence-corrected chi connectivity index (χ1v) is 5.29. The van der Waals surface area contributed by atoms with Crippen molar-refractivity contribution in [2.75, 3.05) is 0 Å². The van der Waals surface area contributed by atoms with Crippen molar-refractivity contribution in [1.82, 2.24) is 0 Å². The predicted octanol–water partition coefficient (Wildman–Crippen LogP) is 3.40. The van der Waals surface area contributed by atoms with E-state index in [2.05, 4.69) is 0 Å². The van der Waals surface area contributed by atoms with Gasteiger partial charge in [-0.3, -0.25) is 10.1 Å². The lowest BCUT2D eigenvalue weighted by Gasteiger charge is -2.07. The number of hydrogen-bond acceptors (Lipinski definition) is 4. The van der Waals surface area contributed by atoms with Crippen molar-refractivity contribution in [3.8, 4) is 17.2 Å². The average Bonchev–Trinajstić information content (AvgIpc) is 2.28. The largest absolute Gasteiger partial charge is 0.508 e. The maximum absolute atomic E-state index is 11.0. The predicted molar refractivity (Wildman–Crippen MR) is 66.0 cm³/mol. The number of benzene rings is 2. The Morgan fingerprint density at radius 1 is 1.22 bits per heavy atom. The molecular formula is C13H11NO4. The van der Waals surface area contributed by atoms with Gasteiger partial charge in [-0.15, -0.1) is 0 Å². The highest BCUT2D eigenvalue weighted by molar-refractivity contribution is 5.53. The highest BCUT2D eigenvalue weighted by Gasteiger charge is 2.18. The van der Waals surface area contributed by atoms with Crippen LogP contribution in [0.4, 0.5) is 5.69 Å². The van der Waals surface area contributed by atoms with Crippen molar-refractivity contribution < 1.29 is 14.8 Å². The Bertz CT molecular complexity index is 595. The SMILES string of the molecule is Cc1cccc(Oc2cccc(O)c2)c1[N+](=O)[O-]. The summed E-state index contributed by atoms with van der Waals surface area (Å²) in [5.41, 5.74) is 0.457. The Balaban J connectivity index is 2.40. The van der Waals surface area contributed by atoms with Crippen LogP contribution < -0.4 is 4.74 Å². The Hall–Kier alpha value is -2.56. The minimum absolute atomic E-state index is 0.0443. The summed E-state index contributed by atoms with van der Waals surface area (Å²) >= 11 is 0. The van der Waals surface area contributed by atoms with E-state index in [1.54, 1.807) is 31.2 Å². The van der Waals surface area contributed by atoms with Gasteiger partial charge in [-0.05, 0) is 25.1 Å². The highest BCUT2D eigenvalue weighted by atomic mass is 16.6. The fourth-order valence-corrected chi connectivity index (χ4v) is 1.62. The second kappa shape index (κ2) is 4.75. The maximum atomic E-state index is 11.0. The number of aryl methyl sites for hydroxylation is 1. The zero-order chi connectivity index (χ0) is 13.1. The molecular weight excluding hydrogens is 234 g/mol. The molecule has 0 bridgehead atoms. The number of nitro groups is 1. The normalized spacial score (nSPS) is 10.1. The van der Waals surface area contributed by atoms with Crippen LogP contribution in [0.1, 0.15) is 5.56 Å². The second-order valence-electron chi connectivity index (χ2n) is 3.78. The van der Waals surface area contributed by atoms with Gasteiger partial charge in [-0.1, -0.05) is 18.2 Å². The van der Waals surface area contributed by atoms with E-state index in [-0.39, 0.29) is 17.2 Å². The first-order valence-electron chi connectivity index (χ1n) is 5.29. The standard InChI is InChI=1S/C13H11NO4/c1-9-4-2-7-12(13(9)14(16)17)18-11-6-3-5-10(15)8-11/h2-8,15H,1H3. The molecule has 0 fully saturated rings. The van der Waals surface area contributed by atoms with Gasteiger partial charge >= 0.3 is 5.69 Å². The van der Waals surface area contributed by atoms with Crippen molar-refractivity contribution in [1.29, 1.82) is 0 Å². The molecule has 5 heteroatoms. The number of para-hydroxylation sites is 1. The number of ether oxygens (including phenoxy) is 1. The molecule has 0 aliphatic heterocycles. The summed E-state index contributed by atoms with van der Waals surface area (Å²) in [6.45, 7) is 1.65. The summed E-state index contributed by atoms with van der Waals surface area (Å²) in [6.07, 6.45) is 0. The van der Waals surface area contributed by atoms with E-state index < -0.39 is 4.92 Å². The molecule has 0 aromatic heterocycles. The Morgan fingerprint density at radius 3 is 2.61 bits per heavy atom. The summed E-state index contributed by atoms with van der Waals surface area (Å²) in [7, 11) is 0. The van der Waals surface area contributed by atoms with Gasteiger partial charge in [0.1, 0.15) is 11.5 Å². The lowest BCUT2D eigenvalue weighted by Crippen LogP contribution is -1.95. The number of hydrogen-bond donors (Lipinski definition) is 1. The van der Waals surface area contributed by atoms with E-state index in [9.17, 15) is 15.2 Å². The van der Waals surface area contributed by atoms with Crippen LogP contribution >= 0.6 is 0 Å². The molecule has 0 amide bonds. The number of phenols is 1. The van der Waals surface area contributed by atoms with Crippen LogP contribution in [0.25, 0.3) is 0 Å². The Morgan fingerprint density at radius 2 is 1.94 bits per heavy atom. The third-order valence-corrected chi connectivity index (χ3v) is 2.43. The van der Waals surface area contributed by atoms with E-state index in [1.807, 2.05) is 0 Å². The maximum Gasteiger partial charge on any atom is 0.314 e. The van der Waals surface area contributed by atoms with Crippen LogP contribution in [0.2, 0.25) is 0 Å². The molecule has 2 rings (SSSR count). The number of aromatic hydroxyl groups is 1. The van der Waals surface area contributed by atoms with Crippen molar-refractivity contribution in [3.63, 3.8) is 0 Å². The zero-order valence-electron chi connectivity index (χ0n) is 9.66. The molecule has 0 atom stereocenters.